The van der Waals surface area contributed by atoms with E-state index in [0.717, 1.165) is 41.7 Å². The molecule has 3 nitrogen and oxygen atoms in total. The van der Waals surface area contributed by atoms with E-state index >= 15 is 0 Å². The molecule has 1 saturated heterocycles. The molecule has 2 aromatic heterocycles. The number of benzene rings is 1. The van der Waals surface area contributed by atoms with Crippen LogP contribution in [-0.4, -0.2) is 21.4 Å². The Labute approximate surface area is 133 Å². The molecule has 0 bridgehead atoms. The molecule has 5 heteroatoms. The summed E-state index contributed by atoms with van der Waals surface area (Å²) in [4.78, 5) is 10.0. The summed E-state index contributed by atoms with van der Waals surface area (Å²) in [5.41, 5.74) is 2.82. The van der Waals surface area contributed by atoms with Gasteiger partial charge in [0.15, 0.2) is 11.6 Å². The van der Waals surface area contributed by atoms with Crippen LogP contribution < -0.4 is 0 Å². The molecule has 1 fully saturated rings. The first-order valence-corrected chi connectivity index (χ1v) is 7.82. The van der Waals surface area contributed by atoms with Gasteiger partial charge in [0.2, 0.25) is 0 Å². The molecule has 1 aliphatic heterocycles. The molecule has 1 N–H and O–H groups in total. The molecule has 1 aromatic carbocycles. The van der Waals surface area contributed by atoms with E-state index in [4.69, 9.17) is 0 Å². The molecule has 0 spiro atoms. The average Bonchev–Trinajstić information content (AvgIpc) is 3.16. The van der Waals surface area contributed by atoms with Crippen LogP contribution in [0.5, 0.6) is 0 Å². The molecule has 0 aliphatic carbocycles. The van der Waals surface area contributed by atoms with Crippen LogP contribution in [0, 0.1) is 11.6 Å². The number of halogens is 2. The van der Waals surface area contributed by atoms with E-state index in [1.165, 1.54) is 12.1 Å². The minimum absolute atomic E-state index is 0.261. The molecular formula is C18H17F2N3. The van der Waals surface area contributed by atoms with Crippen LogP contribution in [0.15, 0.2) is 42.6 Å². The summed E-state index contributed by atoms with van der Waals surface area (Å²) in [5, 5.41) is 1.10. The van der Waals surface area contributed by atoms with Crippen molar-refractivity contribution in [3.63, 3.8) is 0 Å². The highest BCUT2D eigenvalue weighted by molar-refractivity contribution is 5.76. The van der Waals surface area contributed by atoms with Gasteiger partial charge < -0.3 is 4.98 Å². The lowest BCUT2D eigenvalue weighted by Gasteiger charge is -2.23. The van der Waals surface area contributed by atoms with Gasteiger partial charge in [0.05, 0.1) is 6.04 Å². The standard InChI is InChI=1S/C18H17F2N3/c19-14-6-5-12(9-15(14)20)11-23-8-2-4-17(23)16-10-13-3-1-7-21-18(13)22-16/h1,3,5-7,9-10,17H,2,4,8,11H2,(H,21,22)/t17-/m0/s1. The Morgan fingerprint density at radius 3 is 2.91 bits per heavy atom. The van der Waals surface area contributed by atoms with Crippen molar-refractivity contribution in [1.82, 2.24) is 14.9 Å². The number of likely N-dealkylation sites (tertiary alicyclic amines) is 1. The number of hydrogen-bond donors (Lipinski definition) is 1. The second-order valence-electron chi connectivity index (χ2n) is 6.04. The fourth-order valence-electron chi connectivity index (χ4n) is 3.40. The third-order valence-electron chi connectivity index (χ3n) is 4.51. The van der Waals surface area contributed by atoms with Crippen molar-refractivity contribution in [1.29, 1.82) is 0 Å². The maximum absolute atomic E-state index is 13.4. The quantitative estimate of drug-likeness (QED) is 0.786. The minimum atomic E-state index is -0.798. The van der Waals surface area contributed by atoms with Crippen LogP contribution in [0.2, 0.25) is 0 Å². The van der Waals surface area contributed by atoms with Crippen LogP contribution in [0.25, 0.3) is 11.0 Å². The maximum Gasteiger partial charge on any atom is 0.159 e. The lowest BCUT2D eigenvalue weighted by molar-refractivity contribution is 0.244. The summed E-state index contributed by atoms with van der Waals surface area (Å²) in [6.45, 7) is 1.57. The Balaban J connectivity index is 1.59. The van der Waals surface area contributed by atoms with E-state index in [0.29, 0.717) is 6.54 Å². The van der Waals surface area contributed by atoms with Crippen LogP contribution in [0.4, 0.5) is 8.78 Å². The predicted molar refractivity (Wildman–Crippen MR) is 84.8 cm³/mol. The molecule has 0 amide bonds. The number of nitrogens with one attached hydrogen (secondary N) is 1. The Kier molecular flexibility index (Phi) is 3.58. The van der Waals surface area contributed by atoms with Gasteiger partial charge in [0.1, 0.15) is 5.65 Å². The van der Waals surface area contributed by atoms with Crippen molar-refractivity contribution in [2.45, 2.75) is 25.4 Å². The van der Waals surface area contributed by atoms with Gasteiger partial charge in [-0.3, -0.25) is 4.90 Å². The highest BCUT2D eigenvalue weighted by atomic mass is 19.2. The second-order valence-corrected chi connectivity index (χ2v) is 6.04. The van der Waals surface area contributed by atoms with Gasteiger partial charge in [-0.15, -0.1) is 0 Å². The van der Waals surface area contributed by atoms with E-state index in [1.807, 2.05) is 12.1 Å². The van der Waals surface area contributed by atoms with Crippen molar-refractivity contribution in [3.8, 4) is 0 Å². The van der Waals surface area contributed by atoms with Crippen molar-refractivity contribution in [2.24, 2.45) is 0 Å². The zero-order valence-corrected chi connectivity index (χ0v) is 12.6. The molecule has 0 unspecified atom stereocenters. The monoisotopic (exact) mass is 313 g/mol. The fourth-order valence-corrected chi connectivity index (χ4v) is 3.40. The van der Waals surface area contributed by atoms with Crippen molar-refractivity contribution >= 4 is 11.0 Å². The zero-order valence-electron chi connectivity index (χ0n) is 12.6. The number of aromatic nitrogens is 2. The first kappa shape index (κ1) is 14.3. The van der Waals surface area contributed by atoms with Gasteiger partial charge in [-0.25, -0.2) is 13.8 Å². The van der Waals surface area contributed by atoms with Crippen LogP contribution in [0.1, 0.15) is 30.1 Å². The number of H-pyrrole nitrogens is 1. The lowest BCUT2D eigenvalue weighted by atomic mass is 10.1. The number of aromatic amines is 1. The van der Waals surface area contributed by atoms with E-state index in [-0.39, 0.29) is 6.04 Å². The fraction of sp³-hybridized carbons (Fsp3) is 0.278. The molecule has 0 saturated carbocycles. The first-order valence-electron chi connectivity index (χ1n) is 7.82. The molecule has 118 valence electrons. The maximum atomic E-state index is 13.4. The second kappa shape index (κ2) is 5.74. The van der Waals surface area contributed by atoms with Gasteiger partial charge in [-0.2, -0.15) is 0 Å². The molecular weight excluding hydrogens is 296 g/mol. The normalized spacial score (nSPS) is 18.8. The number of pyridine rings is 1. The third kappa shape index (κ3) is 2.72. The average molecular weight is 313 g/mol. The Morgan fingerprint density at radius 2 is 2.09 bits per heavy atom. The number of nitrogens with zero attached hydrogens (tertiary/aromatic N) is 2. The highest BCUT2D eigenvalue weighted by Gasteiger charge is 2.27. The Morgan fingerprint density at radius 1 is 1.17 bits per heavy atom. The van der Waals surface area contributed by atoms with Crippen LogP contribution in [-0.2, 0) is 6.54 Å². The van der Waals surface area contributed by atoms with E-state index < -0.39 is 11.6 Å². The Bertz CT molecular complexity index is 810. The van der Waals surface area contributed by atoms with Crippen molar-refractivity contribution < 1.29 is 8.78 Å². The third-order valence-corrected chi connectivity index (χ3v) is 4.51. The molecule has 3 heterocycles. The SMILES string of the molecule is Fc1ccc(CN2CCC[C@H]2c2cc3cccnc3[nH]2)cc1F. The first-order chi connectivity index (χ1) is 11.2. The van der Waals surface area contributed by atoms with Crippen molar-refractivity contribution in [2.75, 3.05) is 6.54 Å². The summed E-state index contributed by atoms with van der Waals surface area (Å²) in [5.74, 6) is -1.58. The van der Waals surface area contributed by atoms with Gasteiger partial charge in [0.25, 0.3) is 0 Å². The summed E-state index contributed by atoms with van der Waals surface area (Å²) in [6, 6.07) is 10.5. The highest BCUT2D eigenvalue weighted by Crippen LogP contribution is 2.34. The summed E-state index contributed by atoms with van der Waals surface area (Å²) in [7, 11) is 0. The molecule has 0 radical (unpaired) electrons. The molecule has 4 rings (SSSR count). The topological polar surface area (TPSA) is 31.9 Å². The van der Waals surface area contributed by atoms with E-state index in [9.17, 15) is 8.78 Å². The molecule has 1 atom stereocenters. The largest absolute Gasteiger partial charge is 0.342 e. The van der Waals surface area contributed by atoms with E-state index in [1.54, 1.807) is 12.3 Å². The summed E-state index contributed by atoms with van der Waals surface area (Å²) in [6.07, 6.45) is 3.92. The smallest absolute Gasteiger partial charge is 0.159 e. The number of fused-ring (bicyclic) bond motifs is 1. The number of rotatable bonds is 3. The van der Waals surface area contributed by atoms with Crippen LogP contribution >= 0.6 is 0 Å². The van der Waals surface area contributed by atoms with Gasteiger partial charge in [0, 0.05) is 23.8 Å². The zero-order chi connectivity index (χ0) is 15.8. The molecule has 23 heavy (non-hydrogen) atoms. The predicted octanol–water partition coefficient (Wildman–Crippen LogP) is 4.18. The van der Waals surface area contributed by atoms with Gasteiger partial charge in [-0.05, 0) is 55.3 Å². The van der Waals surface area contributed by atoms with Gasteiger partial charge in [-0.1, -0.05) is 6.07 Å². The minimum Gasteiger partial charge on any atom is -0.342 e. The van der Waals surface area contributed by atoms with Crippen molar-refractivity contribution in [3.05, 3.63) is 65.5 Å². The number of hydrogen-bond acceptors (Lipinski definition) is 2. The molecule has 1 aliphatic rings. The Hall–Kier alpha value is -2.27. The van der Waals surface area contributed by atoms with Gasteiger partial charge >= 0.3 is 0 Å². The molecule has 3 aromatic rings. The summed E-state index contributed by atoms with van der Waals surface area (Å²) < 4.78 is 26.5. The van der Waals surface area contributed by atoms with E-state index in [2.05, 4.69) is 20.9 Å². The summed E-state index contributed by atoms with van der Waals surface area (Å²) >= 11 is 0. The lowest BCUT2D eigenvalue weighted by Crippen LogP contribution is -2.23. The van der Waals surface area contributed by atoms with Crippen LogP contribution in [0.3, 0.4) is 0 Å².